The molecular weight excluding hydrogens is 316 g/mol. The molecule has 0 aromatic carbocycles. The highest BCUT2D eigenvalue weighted by Gasteiger charge is 2.06. The van der Waals surface area contributed by atoms with Crippen molar-refractivity contribution in [2.24, 2.45) is 5.18 Å². The van der Waals surface area contributed by atoms with Crippen LogP contribution in [0.5, 0.6) is 0 Å². The molecule has 2 aromatic heterocycles. The van der Waals surface area contributed by atoms with Gasteiger partial charge in [0, 0.05) is 12.4 Å². The fourth-order valence-electron chi connectivity index (χ4n) is 1.13. The van der Waals surface area contributed by atoms with E-state index in [0.29, 0.717) is 20.5 Å². The third-order valence-electron chi connectivity index (χ3n) is 1.64. The van der Waals surface area contributed by atoms with Gasteiger partial charge < -0.3 is 4.40 Å². The summed E-state index contributed by atoms with van der Waals surface area (Å²) in [6.45, 7) is 0.0751. The van der Waals surface area contributed by atoms with Crippen LogP contribution in [0.15, 0.2) is 26.8 Å². The Morgan fingerprint density at radius 3 is 2.86 bits per heavy atom. The van der Waals surface area contributed by atoms with Crippen LogP contribution in [0.2, 0.25) is 0 Å². The second kappa shape index (κ2) is 3.74. The number of nitrogens with zero attached hydrogens (tertiary/aromatic N) is 4. The van der Waals surface area contributed by atoms with Crippen molar-refractivity contribution in [3.05, 3.63) is 32.2 Å². The lowest BCUT2D eigenvalue weighted by atomic mass is 10.5. The van der Waals surface area contributed by atoms with Crippen molar-refractivity contribution in [1.82, 2.24) is 14.4 Å². The van der Waals surface area contributed by atoms with Gasteiger partial charge >= 0.3 is 0 Å². The minimum absolute atomic E-state index is 0.0751. The van der Waals surface area contributed by atoms with E-state index in [2.05, 4.69) is 47.0 Å². The van der Waals surface area contributed by atoms with E-state index in [1.54, 1.807) is 16.8 Å². The zero-order valence-corrected chi connectivity index (χ0v) is 9.99. The lowest BCUT2D eigenvalue weighted by Crippen LogP contribution is -1.88. The molecule has 0 aliphatic carbocycles. The molecule has 0 amide bonds. The van der Waals surface area contributed by atoms with Gasteiger partial charge in [-0.2, -0.15) is 4.91 Å². The first-order valence-electron chi connectivity index (χ1n) is 3.69. The van der Waals surface area contributed by atoms with Gasteiger partial charge in [0.05, 0.1) is 5.69 Å². The van der Waals surface area contributed by atoms with Gasteiger partial charge in [0.25, 0.3) is 0 Å². The van der Waals surface area contributed by atoms with Crippen LogP contribution in [0.1, 0.15) is 5.69 Å². The van der Waals surface area contributed by atoms with Gasteiger partial charge in [-0.15, -0.1) is 0 Å². The van der Waals surface area contributed by atoms with Crippen LogP contribution >= 0.6 is 31.9 Å². The number of halogens is 2. The Morgan fingerprint density at radius 2 is 2.14 bits per heavy atom. The molecule has 0 saturated heterocycles. The molecule has 0 atom stereocenters. The van der Waals surface area contributed by atoms with Crippen LogP contribution in [0, 0.1) is 4.91 Å². The maximum absolute atomic E-state index is 10.1. The molecule has 14 heavy (non-hydrogen) atoms. The zero-order chi connectivity index (χ0) is 10.1. The van der Waals surface area contributed by atoms with Gasteiger partial charge in [-0.3, -0.25) is 0 Å². The van der Waals surface area contributed by atoms with E-state index in [9.17, 15) is 4.91 Å². The third-order valence-corrected chi connectivity index (χ3v) is 2.56. The first-order chi connectivity index (χ1) is 6.70. The highest BCUT2D eigenvalue weighted by Crippen LogP contribution is 2.18. The normalized spacial score (nSPS) is 10.7. The molecule has 0 spiro atoms. The molecular formula is C7H4Br2N4O. The van der Waals surface area contributed by atoms with Gasteiger partial charge in [-0.25, -0.2) is 9.97 Å². The Labute approximate surface area is 95.8 Å². The lowest BCUT2D eigenvalue weighted by Gasteiger charge is -1.95. The summed E-state index contributed by atoms with van der Waals surface area (Å²) in [5.74, 6) is 0. The molecule has 0 aliphatic heterocycles. The Balaban J connectivity index is 2.64. The van der Waals surface area contributed by atoms with E-state index in [1.165, 1.54) is 0 Å². The minimum atomic E-state index is 0.0751. The van der Waals surface area contributed by atoms with E-state index in [1.807, 2.05) is 0 Å². The topological polar surface area (TPSA) is 59.6 Å². The van der Waals surface area contributed by atoms with E-state index in [4.69, 9.17) is 0 Å². The summed E-state index contributed by atoms with van der Waals surface area (Å²) in [7, 11) is 0. The number of fused-ring (bicyclic) bond motifs is 1. The summed E-state index contributed by atoms with van der Waals surface area (Å²) in [4.78, 5) is 18.4. The summed E-state index contributed by atoms with van der Waals surface area (Å²) in [6.07, 6.45) is 3.51. The van der Waals surface area contributed by atoms with Crippen LogP contribution in [0.3, 0.4) is 0 Å². The summed E-state index contributed by atoms with van der Waals surface area (Å²) >= 11 is 6.54. The summed E-state index contributed by atoms with van der Waals surface area (Å²) < 4.78 is 3.10. The molecule has 0 radical (unpaired) electrons. The predicted octanol–water partition coefficient (Wildman–Crippen LogP) is 2.52. The van der Waals surface area contributed by atoms with Crippen molar-refractivity contribution in [3.63, 3.8) is 0 Å². The average molecular weight is 320 g/mol. The first kappa shape index (κ1) is 9.72. The monoisotopic (exact) mass is 318 g/mol. The first-order valence-corrected chi connectivity index (χ1v) is 5.28. The van der Waals surface area contributed by atoms with Crippen molar-refractivity contribution in [2.75, 3.05) is 0 Å². The van der Waals surface area contributed by atoms with Gasteiger partial charge in [0.15, 0.2) is 10.3 Å². The number of imidazole rings is 1. The van der Waals surface area contributed by atoms with Crippen LogP contribution in [-0.4, -0.2) is 14.4 Å². The third kappa shape index (κ3) is 1.69. The van der Waals surface area contributed by atoms with E-state index < -0.39 is 0 Å². The molecule has 72 valence electrons. The number of aromatic nitrogens is 3. The van der Waals surface area contributed by atoms with Crippen molar-refractivity contribution >= 4 is 37.5 Å². The minimum Gasteiger partial charge on any atom is -0.302 e. The smallest absolute Gasteiger partial charge is 0.170 e. The quantitative estimate of drug-likeness (QED) is 0.799. The van der Waals surface area contributed by atoms with Crippen molar-refractivity contribution in [2.45, 2.75) is 6.54 Å². The van der Waals surface area contributed by atoms with Crippen molar-refractivity contribution in [1.29, 1.82) is 0 Å². The number of hydrogen-bond acceptors (Lipinski definition) is 4. The van der Waals surface area contributed by atoms with Gasteiger partial charge in [-0.1, -0.05) is 5.18 Å². The molecule has 0 fully saturated rings. The second-order valence-corrected chi connectivity index (χ2v) is 4.17. The molecule has 0 N–H and O–H groups in total. The van der Waals surface area contributed by atoms with E-state index in [0.717, 1.165) is 0 Å². The van der Waals surface area contributed by atoms with Gasteiger partial charge in [0.2, 0.25) is 0 Å². The Kier molecular flexibility index (Phi) is 2.60. The Bertz CT molecular complexity index is 496. The molecule has 7 heteroatoms. The van der Waals surface area contributed by atoms with Crippen LogP contribution in [-0.2, 0) is 6.54 Å². The van der Waals surface area contributed by atoms with E-state index >= 15 is 0 Å². The van der Waals surface area contributed by atoms with Crippen LogP contribution in [0.4, 0.5) is 0 Å². The van der Waals surface area contributed by atoms with Gasteiger partial charge in [0.1, 0.15) is 11.1 Å². The highest BCUT2D eigenvalue weighted by atomic mass is 79.9. The molecule has 0 aliphatic rings. The molecule has 0 unspecified atom stereocenters. The maximum atomic E-state index is 10.1. The molecule has 0 bridgehead atoms. The lowest BCUT2D eigenvalue weighted by molar-refractivity contribution is 1.00. The fraction of sp³-hybridized carbons (Fsp3) is 0.143. The number of nitroso groups, excluding NO2 is 1. The Hall–Kier alpha value is -0.820. The zero-order valence-electron chi connectivity index (χ0n) is 6.81. The number of hydrogen-bond donors (Lipinski definition) is 0. The molecule has 5 nitrogen and oxygen atoms in total. The molecule has 2 rings (SSSR count). The van der Waals surface area contributed by atoms with Gasteiger partial charge in [-0.05, 0) is 31.9 Å². The number of rotatable bonds is 2. The fourth-order valence-corrected chi connectivity index (χ4v) is 2.25. The predicted molar refractivity (Wildman–Crippen MR) is 57.9 cm³/mol. The van der Waals surface area contributed by atoms with Crippen LogP contribution in [0.25, 0.3) is 5.65 Å². The molecule has 2 heterocycles. The summed E-state index contributed by atoms with van der Waals surface area (Å²) in [5, 5.41) is 2.78. The molecule has 2 aromatic rings. The van der Waals surface area contributed by atoms with Crippen molar-refractivity contribution in [3.8, 4) is 0 Å². The Morgan fingerprint density at radius 1 is 1.36 bits per heavy atom. The van der Waals surface area contributed by atoms with Crippen molar-refractivity contribution < 1.29 is 0 Å². The SMILES string of the molecule is O=NCc1cn2cc(Br)nc(Br)c2n1. The standard InChI is InChI=1S/C7H4Br2N4O/c8-5-3-13-2-4(1-10-14)11-7(13)6(9)12-5/h2-3H,1H2. The summed E-state index contributed by atoms with van der Waals surface area (Å²) in [6, 6.07) is 0. The summed E-state index contributed by atoms with van der Waals surface area (Å²) in [5.41, 5.74) is 1.30. The average Bonchev–Trinajstić information content (AvgIpc) is 2.48. The van der Waals surface area contributed by atoms with Crippen LogP contribution < -0.4 is 0 Å². The second-order valence-electron chi connectivity index (χ2n) is 2.60. The van der Waals surface area contributed by atoms with E-state index in [-0.39, 0.29) is 6.54 Å². The molecule has 0 saturated carbocycles. The largest absolute Gasteiger partial charge is 0.302 e. The maximum Gasteiger partial charge on any atom is 0.170 e. The highest BCUT2D eigenvalue weighted by molar-refractivity contribution is 9.11.